The highest BCUT2D eigenvalue weighted by Gasteiger charge is 2.30. The van der Waals surface area contributed by atoms with Crippen LogP contribution in [0.25, 0.3) is 0 Å². The van der Waals surface area contributed by atoms with E-state index in [4.69, 9.17) is 5.11 Å². The molecule has 1 aliphatic carbocycles. The van der Waals surface area contributed by atoms with Gasteiger partial charge in [-0.1, -0.05) is 12.2 Å². The van der Waals surface area contributed by atoms with Gasteiger partial charge in [0.05, 0.1) is 0 Å². The monoisotopic (exact) mass is 237 g/mol. The largest absolute Gasteiger partial charge is 0.481 e. The number of carbonyl (C=O) groups is 2. The summed E-state index contributed by atoms with van der Waals surface area (Å²) in [6, 6.07) is 0. The summed E-state index contributed by atoms with van der Waals surface area (Å²) in [5, 5.41) is 8.63. The van der Waals surface area contributed by atoms with Gasteiger partial charge in [-0.3, -0.25) is 9.59 Å². The number of carboxylic acid groups (broad SMARTS) is 1. The molecule has 0 aromatic carbocycles. The Morgan fingerprint density at radius 1 is 1.29 bits per heavy atom. The minimum atomic E-state index is -0.741. The zero-order valence-corrected chi connectivity index (χ0v) is 9.97. The quantitative estimate of drug-likeness (QED) is 0.757. The third-order valence-electron chi connectivity index (χ3n) is 3.72. The summed E-state index contributed by atoms with van der Waals surface area (Å²) in [5.41, 5.74) is 0. The smallest absolute Gasteiger partial charge is 0.303 e. The number of nitrogens with zero attached hydrogens (tertiary/aromatic N) is 1. The molecule has 0 spiro atoms. The Labute approximate surface area is 101 Å². The minimum absolute atomic E-state index is 0.147. The SMILES string of the molecule is O=C(O)CCC1CCN(C(=O)C2CC=CC2)C1. The van der Waals surface area contributed by atoms with Gasteiger partial charge in [-0.15, -0.1) is 0 Å². The summed E-state index contributed by atoms with van der Waals surface area (Å²) in [7, 11) is 0. The maximum absolute atomic E-state index is 12.1. The lowest BCUT2D eigenvalue weighted by Crippen LogP contribution is -2.33. The van der Waals surface area contributed by atoms with Crippen LogP contribution in [0.4, 0.5) is 0 Å². The molecule has 0 bridgehead atoms. The molecule has 4 nitrogen and oxygen atoms in total. The van der Waals surface area contributed by atoms with Crippen LogP contribution in [0.15, 0.2) is 12.2 Å². The van der Waals surface area contributed by atoms with Gasteiger partial charge in [0.25, 0.3) is 0 Å². The number of allylic oxidation sites excluding steroid dienone is 2. The fourth-order valence-electron chi connectivity index (χ4n) is 2.67. The van der Waals surface area contributed by atoms with Crippen LogP contribution in [-0.4, -0.2) is 35.0 Å². The topological polar surface area (TPSA) is 57.6 Å². The van der Waals surface area contributed by atoms with Crippen molar-refractivity contribution in [1.82, 2.24) is 4.90 Å². The zero-order chi connectivity index (χ0) is 12.3. The second-order valence-corrected chi connectivity index (χ2v) is 5.01. The first-order chi connectivity index (χ1) is 8.16. The highest BCUT2D eigenvalue weighted by atomic mass is 16.4. The summed E-state index contributed by atoms with van der Waals surface area (Å²) in [6.07, 6.45) is 7.75. The first kappa shape index (κ1) is 12.1. The molecule has 1 unspecified atom stereocenters. The Bertz CT molecular complexity index is 330. The molecule has 0 aromatic rings. The molecule has 4 heteroatoms. The van der Waals surface area contributed by atoms with Crippen molar-refractivity contribution in [2.75, 3.05) is 13.1 Å². The van der Waals surface area contributed by atoms with Crippen molar-refractivity contribution < 1.29 is 14.7 Å². The third kappa shape index (κ3) is 3.08. The molecular weight excluding hydrogens is 218 g/mol. The molecule has 1 fully saturated rings. The second kappa shape index (κ2) is 5.34. The van der Waals surface area contributed by atoms with Gasteiger partial charge in [0.2, 0.25) is 5.91 Å². The Morgan fingerprint density at radius 2 is 2.00 bits per heavy atom. The Morgan fingerprint density at radius 3 is 2.65 bits per heavy atom. The predicted molar refractivity (Wildman–Crippen MR) is 63.4 cm³/mol. The Balaban J connectivity index is 1.77. The second-order valence-electron chi connectivity index (χ2n) is 5.01. The highest BCUT2D eigenvalue weighted by Crippen LogP contribution is 2.26. The van der Waals surface area contributed by atoms with E-state index >= 15 is 0 Å². The van der Waals surface area contributed by atoms with Gasteiger partial charge in [-0.05, 0) is 31.6 Å². The van der Waals surface area contributed by atoms with E-state index in [1.807, 2.05) is 4.90 Å². The van der Waals surface area contributed by atoms with Crippen molar-refractivity contribution in [1.29, 1.82) is 0 Å². The van der Waals surface area contributed by atoms with Gasteiger partial charge in [-0.25, -0.2) is 0 Å². The van der Waals surface area contributed by atoms with Crippen LogP contribution in [0, 0.1) is 11.8 Å². The fraction of sp³-hybridized carbons (Fsp3) is 0.692. The lowest BCUT2D eigenvalue weighted by molar-refractivity contribution is -0.137. The molecule has 1 saturated heterocycles. The van der Waals surface area contributed by atoms with Crippen molar-refractivity contribution >= 4 is 11.9 Å². The number of likely N-dealkylation sites (tertiary alicyclic amines) is 1. The average Bonchev–Trinajstić information content (AvgIpc) is 2.97. The molecule has 0 saturated carbocycles. The van der Waals surface area contributed by atoms with Crippen LogP contribution in [0.3, 0.4) is 0 Å². The van der Waals surface area contributed by atoms with E-state index in [-0.39, 0.29) is 18.2 Å². The number of carbonyl (C=O) groups excluding carboxylic acids is 1. The summed E-state index contributed by atoms with van der Waals surface area (Å²) < 4.78 is 0. The van der Waals surface area contributed by atoms with Crippen LogP contribution in [0.5, 0.6) is 0 Å². The molecule has 1 heterocycles. The summed E-state index contributed by atoms with van der Waals surface area (Å²) >= 11 is 0. The lowest BCUT2D eigenvalue weighted by atomic mass is 10.0. The first-order valence-corrected chi connectivity index (χ1v) is 6.32. The van der Waals surface area contributed by atoms with E-state index in [0.29, 0.717) is 12.3 Å². The zero-order valence-electron chi connectivity index (χ0n) is 9.97. The Kier molecular flexibility index (Phi) is 3.82. The number of hydrogen-bond acceptors (Lipinski definition) is 2. The third-order valence-corrected chi connectivity index (χ3v) is 3.72. The van der Waals surface area contributed by atoms with Crippen LogP contribution < -0.4 is 0 Å². The van der Waals surface area contributed by atoms with E-state index in [0.717, 1.165) is 32.4 Å². The predicted octanol–water partition coefficient (Wildman–Crippen LogP) is 1.67. The number of rotatable bonds is 4. The molecule has 0 radical (unpaired) electrons. The maximum atomic E-state index is 12.1. The van der Waals surface area contributed by atoms with Crippen LogP contribution in [0.2, 0.25) is 0 Å². The van der Waals surface area contributed by atoms with Crippen molar-refractivity contribution in [2.24, 2.45) is 11.8 Å². The van der Waals surface area contributed by atoms with Crippen LogP contribution in [-0.2, 0) is 9.59 Å². The van der Waals surface area contributed by atoms with E-state index in [1.54, 1.807) is 0 Å². The van der Waals surface area contributed by atoms with Gasteiger partial charge >= 0.3 is 5.97 Å². The normalized spacial score (nSPS) is 24.5. The molecule has 1 aliphatic heterocycles. The van der Waals surface area contributed by atoms with E-state index in [1.165, 1.54) is 0 Å². The molecule has 0 aromatic heterocycles. The van der Waals surface area contributed by atoms with Crippen molar-refractivity contribution in [3.63, 3.8) is 0 Å². The van der Waals surface area contributed by atoms with Crippen LogP contribution >= 0.6 is 0 Å². The van der Waals surface area contributed by atoms with Gasteiger partial charge in [0.1, 0.15) is 0 Å². The number of hydrogen-bond donors (Lipinski definition) is 1. The summed E-state index contributed by atoms with van der Waals surface area (Å²) in [5.74, 6) is 0.0419. The molecule has 94 valence electrons. The van der Waals surface area contributed by atoms with Crippen molar-refractivity contribution in [3.8, 4) is 0 Å². The van der Waals surface area contributed by atoms with Crippen LogP contribution in [0.1, 0.15) is 32.1 Å². The summed E-state index contributed by atoms with van der Waals surface area (Å²) in [6.45, 7) is 1.56. The van der Waals surface area contributed by atoms with E-state index in [9.17, 15) is 9.59 Å². The fourth-order valence-corrected chi connectivity index (χ4v) is 2.67. The van der Waals surface area contributed by atoms with Gasteiger partial charge in [-0.2, -0.15) is 0 Å². The van der Waals surface area contributed by atoms with Gasteiger partial charge < -0.3 is 10.0 Å². The molecule has 1 N–H and O–H groups in total. The summed E-state index contributed by atoms with van der Waals surface area (Å²) in [4.78, 5) is 24.5. The molecule has 2 aliphatic rings. The number of amides is 1. The first-order valence-electron chi connectivity index (χ1n) is 6.32. The number of carboxylic acids is 1. The molecule has 1 amide bonds. The van der Waals surface area contributed by atoms with Gasteiger partial charge in [0.15, 0.2) is 0 Å². The molecule has 2 rings (SSSR count). The van der Waals surface area contributed by atoms with Crippen molar-refractivity contribution in [3.05, 3.63) is 12.2 Å². The van der Waals surface area contributed by atoms with E-state index < -0.39 is 5.97 Å². The molecule has 1 atom stereocenters. The highest BCUT2D eigenvalue weighted by molar-refractivity contribution is 5.80. The average molecular weight is 237 g/mol. The van der Waals surface area contributed by atoms with Gasteiger partial charge in [0, 0.05) is 25.4 Å². The number of aliphatic carboxylic acids is 1. The standard InChI is InChI=1S/C13H19NO3/c15-12(16)6-5-10-7-8-14(9-10)13(17)11-3-1-2-4-11/h1-2,10-11H,3-9H2,(H,15,16). The maximum Gasteiger partial charge on any atom is 0.303 e. The molecular formula is C13H19NO3. The van der Waals surface area contributed by atoms with Crippen molar-refractivity contribution in [2.45, 2.75) is 32.1 Å². The molecule has 17 heavy (non-hydrogen) atoms. The Hall–Kier alpha value is -1.32. The minimum Gasteiger partial charge on any atom is -0.481 e. The van der Waals surface area contributed by atoms with E-state index in [2.05, 4.69) is 12.2 Å². The lowest BCUT2D eigenvalue weighted by Gasteiger charge is -2.20.